The smallest absolute Gasteiger partial charge is 0.269 e. The molecule has 1 unspecified atom stereocenters. The van der Waals surface area contributed by atoms with Crippen LogP contribution in [0.15, 0.2) is 29.4 Å². The quantitative estimate of drug-likeness (QED) is 0.591. The van der Waals surface area contributed by atoms with Crippen LogP contribution < -0.4 is 5.01 Å². The van der Waals surface area contributed by atoms with Crippen molar-refractivity contribution >= 4 is 23.0 Å². The number of hydrogen-bond acceptors (Lipinski definition) is 4. The van der Waals surface area contributed by atoms with Crippen LogP contribution in [-0.4, -0.2) is 16.5 Å². The van der Waals surface area contributed by atoms with E-state index in [-0.39, 0.29) is 17.5 Å². The average Bonchev–Trinajstić information content (AvgIpc) is 2.93. The minimum Gasteiger partial charge on any atom is -0.272 e. The van der Waals surface area contributed by atoms with Gasteiger partial charge < -0.3 is 0 Å². The highest BCUT2D eigenvalue weighted by molar-refractivity contribution is 6.16. The number of hydrogen-bond donors (Lipinski definition) is 0. The molecule has 6 heteroatoms. The Morgan fingerprint density at radius 3 is 2.67 bits per heavy atom. The number of nitrogens with zero attached hydrogens (tertiary/aromatic N) is 3. The Kier molecular flexibility index (Phi) is 2.36. The van der Waals surface area contributed by atoms with Gasteiger partial charge in [0, 0.05) is 12.1 Å². The van der Waals surface area contributed by atoms with Crippen LogP contribution in [0.4, 0.5) is 11.4 Å². The molecule has 6 nitrogen and oxygen atoms in total. The van der Waals surface area contributed by atoms with Gasteiger partial charge in [-0.05, 0) is 31.4 Å². The molecule has 18 heavy (non-hydrogen) atoms. The maximum absolute atomic E-state index is 12.1. The highest BCUT2D eigenvalue weighted by Gasteiger charge is 2.39. The van der Waals surface area contributed by atoms with E-state index in [2.05, 4.69) is 5.10 Å². The summed E-state index contributed by atoms with van der Waals surface area (Å²) in [6, 6.07) is 5.88. The first-order valence-corrected chi connectivity index (χ1v) is 5.82. The van der Waals surface area contributed by atoms with Crippen molar-refractivity contribution in [3.8, 4) is 0 Å². The van der Waals surface area contributed by atoms with Crippen LogP contribution >= 0.6 is 0 Å². The first-order valence-electron chi connectivity index (χ1n) is 5.82. The molecule has 0 radical (unpaired) electrons. The first-order chi connectivity index (χ1) is 8.66. The molecule has 1 amide bonds. The minimum absolute atomic E-state index is 0.0123. The zero-order chi connectivity index (χ0) is 12.7. The maximum atomic E-state index is 12.1. The third-order valence-electron chi connectivity index (χ3n) is 3.37. The molecule has 1 aliphatic heterocycles. The molecule has 1 atom stereocenters. The van der Waals surface area contributed by atoms with Crippen molar-refractivity contribution in [3.63, 3.8) is 0 Å². The van der Waals surface area contributed by atoms with Gasteiger partial charge in [0.25, 0.3) is 11.6 Å². The lowest BCUT2D eigenvalue weighted by molar-refractivity contribution is -0.384. The average molecular weight is 245 g/mol. The van der Waals surface area contributed by atoms with Crippen LogP contribution in [-0.2, 0) is 4.79 Å². The van der Waals surface area contributed by atoms with Gasteiger partial charge >= 0.3 is 0 Å². The highest BCUT2D eigenvalue weighted by atomic mass is 16.6. The Morgan fingerprint density at radius 2 is 2.06 bits per heavy atom. The van der Waals surface area contributed by atoms with E-state index in [1.807, 2.05) is 0 Å². The SMILES string of the molecule is O=C1C2CCCC2=NN1c1ccc([N+](=O)[O-])cc1. The maximum Gasteiger partial charge on any atom is 0.269 e. The van der Waals surface area contributed by atoms with E-state index >= 15 is 0 Å². The van der Waals surface area contributed by atoms with Crippen LogP contribution in [0.5, 0.6) is 0 Å². The number of hydrazone groups is 1. The van der Waals surface area contributed by atoms with Gasteiger partial charge in [-0.15, -0.1) is 0 Å². The Hall–Kier alpha value is -2.24. The third kappa shape index (κ3) is 1.57. The molecule has 0 N–H and O–H groups in total. The van der Waals surface area contributed by atoms with Gasteiger partial charge in [0.2, 0.25) is 0 Å². The van der Waals surface area contributed by atoms with E-state index in [9.17, 15) is 14.9 Å². The zero-order valence-corrected chi connectivity index (χ0v) is 9.57. The van der Waals surface area contributed by atoms with E-state index in [4.69, 9.17) is 0 Å². The van der Waals surface area contributed by atoms with Crippen LogP contribution in [0, 0.1) is 16.0 Å². The predicted octanol–water partition coefficient (Wildman–Crippen LogP) is 2.10. The second-order valence-electron chi connectivity index (χ2n) is 4.46. The number of benzene rings is 1. The molecule has 1 aliphatic carbocycles. The summed E-state index contributed by atoms with van der Waals surface area (Å²) in [5.74, 6) is -0.0865. The molecule has 1 heterocycles. The van der Waals surface area contributed by atoms with Gasteiger partial charge in [-0.3, -0.25) is 14.9 Å². The number of carbonyl (C=O) groups excluding carboxylic acids is 1. The number of non-ortho nitro benzene ring substituents is 1. The summed E-state index contributed by atoms with van der Waals surface area (Å²) < 4.78 is 0. The number of nitro groups is 1. The first kappa shape index (κ1) is 10.9. The largest absolute Gasteiger partial charge is 0.272 e. The van der Waals surface area contributed by atoms with Crippen LogP contribution in [0.1, 0.15) is 19.3 Å². The predicted molar refractivity (Wildman–Crippen MR) is 65.4 cm³/mol. The second-order valence-corrected chi connectivity index (χ2v) is 4.46. The number of fused-ring (bicyclic) bond motifs is 1. The molecular formula is C12H11N3O3. The molecule has 92 valence electrons. The Bertz CT molecular complexity index is 550. The van der Waals surface area contributed by atoms with Gasteiger partial charge in [0.15, 0.2) is 0 Å². The summed E-state index contributed by atoms with van der Waals surface area (Å²) in [5, 5.41) is 16.2. The summed E-state index contributed by atoms with van der Waals surface area (Å²) >= 11 is 0. The molecule has 0 bridgehead atoms. The molecule has 1 fully saturated rings. The number of rotatable bonds is 2. The van der Waals surface area contributed by atoms with E-state index in [0.29, 0.717) is 5.69 Å². The number of anilines is 1. The van der Waals surface area contributed by atoms with Gasteiger partial charge in [-0.25, -0.2) is 5.01 Å². The number of amides is 1. The Morgan fingerprint density at radius 1 is 1.33 bits per heavy atom. The fourth-order valence-electron chi connectivity index (χ4n) is 2.44. The molecule has 1 aromatic rings. The van der Waals surface area contributed by atoms with Crippen LogP contribution in [0.2, 0.25) is 0 Å². The van der Waals surface area contributed by atoms with Crippen LogP contribution in [0.3, 0.4) is 0 Å². The van der Waals surface area contributed by atoms with Crippen molar-refractivity contribution in [2.75, 3.05) is 5.01 Å². The van der Waals surface area contributed by atoms with E-state index < -0.39 is 4.92 Å². The molecular weight excluding hydrogens is 234 g/mol. The topological polar surface area (TPSA) is 75.8 Å². The standard InChI is InChI=1S/C12H11N3O3/c16-12-10-2-1-3-11(10)13-14(12)8-4-6-9(7-5-8)15(17)18/h4-7,10H,1-3H2. The fraction of sp³-hybridized carbons (Fsp3) is 0.333. The van der Waals surface area contributed by atoms with E-state index in [0.717, 1.165) is 25.0 Å². The molecule has 1 aromatic carbocycles. The fourth-order valence-corrected chi connectivity index (χ4v) is 2.44. The number of nitro benzene ring substituents is 1. The summed E-state index contributed by atoms with van der Waals surface area (Å²) in [4.78, 5) is 22.2. The molecule has 0 saturated heterocycles. The summed E-state index contributed by atoms with van der Waals surface area (Å²) in [7, 11) is 0. The molecule has 3 rings (SSSR count). The normalized spacial score (nSPS) is 22.0. The van der Waals surface area contributed by atoms with Gasteiger partial charge in [-0.1, -0.05) is 0 Å². The number of carbonyl (C=O) groups is 1. The zero-order valence-electron chi connectivity index (χ0n) is 9.57. The summed E-state index contributed by atoms with van der Waals surface area (Å²) in [6.07, 6.45) is 2.75. The van der Waals surface area contributed by atoms with Crippen molar-refractivity contribution in [1.29, 1.82) is 0 Å². The lowest BCUT2D eigenvalue weighted by atomic mass is 10.1. The minimum atomic E-state index is -0.462. The molecule has 1 saturated carbocycles. The lowest BCUT2D eigenvalue weighted by Gasteiger charge is -2.13. The highest BCUT2D eigenvalue weighted by Crippen LogP contribution is 2.33. The van der Waals surface area contributed by atoms with Gasteiger partial charge in [0.1, 0.15) is 0 Å². The Balaban J connectivity index is 1.90. The van der Waals surface area contributed by atoms with E-state index in [1.165, 1.54) is 17.1 Å². The van der Waals surface area contributed by atoms with Crippen molar-refractivity contribution in [3.05, 3.63) is 34.4 Å². The lowest BCUT2D eigenvalue weighted by Crippen LogP contribution is -2.25. The monoisotopic (exact) mass is 245 g/mol. The summed E-state index contributed by atoms with van der Waals surface area (Å²) in [6.45, 7) is 0. The summed E-state index contributed by atoms with van der Waals surface area (Å²) in [5.41, 5.74) is 1.55. The third-order valence-corrected chi connectivity index (χ3v) is 3.37. The van der Waals surface area contributed by atoms with Gasteiger partial charge in [0.05, 0.1) is 22.2 Å². The molecule has 0 aromatic heterocycles. The van der Waals surface area contributed by atoms with Gasteiger partial charge in [-0.2, -0.15) is 5.10 Å². The van der Waals surface area contributed by atoms with Crippen molar-refractivity contribution in [2.24, 2.45) is 11.0 Å². The molecule has 0 spiro atoms. The van der Waals surface area contributed by atoms with E-state index in [1.54, 1.807) is 12.1 Å². The second kappa shape index (κ2) is 3.90. The Labute approximate surface area is 103 Å². The van der Waals surface area contributed by atoms with Crippen molar-refractivity contribution in [1.82, 2.24) is 0 Å². The van der Waals surface area contributed by atoms with Crippen molar-refractivity contribution in [2.45, 2.75) is 19.3 Å². The molecule has 2 aliphatic rings. The van der Waals surface area contributed by atoms with Crippen molar-refractivity contribution < 1.29 is 9.72 Å². The van der Waals surface area contributed by atoms with Crippen LogP contribution in [0.25, 0.3) is 0 Å².